The molecule has 1 aliphatic rings. The number of aryl methyl sites for hydroxylation is 1. The second kappa shape index (κ2) is 7.35. The SMILES string of the molecule is Cc1ccccc1C(=O)N1CC/C(=N\OS(=O)O)c2ccc(Cl)cc21. The highest BCUT2D eigenvalue weighted by molar-refractivity contribution is 7.74. The first-order valence-corrected chi connectivity index (χ1v) is 8.91. The zero-order valence-corrected chi connectivity index (χ0v) is 14.9. The van der Waals surface area contributed by atoms with Gasteiger partial charge in [0.25, 0.3) is 5.91 Å². The van der Waals surface area contributed by atoms with E-state index in [1.165, 1.54) is 0 Å². The Morgan fingerprint density at radius 3 is 2.80 bits per heavy atom. The monoisotopic (exact) mass is 378 g/mol. The minimum atomic E-state index is -2.49. The Morgan fingerprint density at radius 2 is 2.08 bits per heavy atom. The maximum Gasteiger partial charge on any atom is 0.378 e. The average Bonchev–Trinajstić information content (AvgIpc) is 2.59. The molecule has 1 N–H and O–H groups in total. The predicted molar refractivity (Wildman–Crippen MR) is 97.3 cm³/mol. The molecule has 0 saturated carbocycles. The molecule has 0 fully saturated rings. The minimum Gasteiger partial charge on any atom is -0.307 e. The summed E-state index contributed by atoms with van der Waals surface area (Å²) in [5, 5.41) is 4.20. The Balaban J connectivity index is 2.03. The highest BCUT2D eigenvalue weighted by Crippen LogP contribution is 2.32. The summed E-state index contributed by atoms with van der Waals surface area (Å²) in [7, 11) is 0. The summed E-state index contributed by atoms with van der Waals surface area (Å²) in [4.78, 5) is 14.6. The van der Waals surface area contributed by atoms with Gasteiger partial charge in [0.15, 0.2) is 0 Å². The van der Waals surface area contributed by atoms with Crippen LogP contribution in [0.2, 0.25) is 5.02 Å². The normalized spacial score (nSPS) is 16.4. The molecule has 0 spiro atoms. The summed E-state index contributed by atoms with van der Waals surface area (Å²) >= 11 is 3.61. The van der Waals surface area contributed by atoms with Gasteiger partial charge in [0, 0.05) is 29.1 Å². The summed E-state index contributed by atoms with van der Waals surface area (Å²) in [5.41, 5.74) is 3.22. The van der Waals surface area contributed by atoms with Gasteiger partial charge in [0.1, 0.15) is 0 Å². The molecule has 1 aliphatic heterocycles. The van der Waals surface area contributed by atoms with Crippen LogP contribution in [0.3, 0.4) is 0 Å². The van der Waals surface area contributed by atoms with E-state index in [0.29, 0.717) is 40.5 Å². The molecule has 1 amide bonds. The standard InChI is InChI=1S/C17H15ClN2O4S/c1-11-4-2-3-5-13(11)17(21)20-9-8-15(19-24-25(22)23)14-7-6-12(18)10-16(14)20/h2-7,10H,8-9H2,1H3,(H,22,23)/b19-15+. The highest BCUT2D eigenvalue weighted by Gasteiger charge is 2.28. The van der Waals surface area contributed by atoms with Gasteiger partial charge in [-0.3, -0.25) is 13.6 Å². The van der Waals surface area contributed by atoms with Crippen molar-refractivity contribution in [2.24, 2.45) is 5.16 Å². The van der Waals surface area contributed by atoms with Gasteiger partial charge in [-0.25, -0.2) is 0 Å². The van der Waals surface area contributed by atoms with Crippen LogP contribution in [-0.4, -0.2) is 26.9 Å². The van der Waals surface area contributed by atoms with E-state index in [4.69, 9.17) is 16.2 Å². The van der Waals surface area contributed by atoms with Gasteiger partial charge in [-0.05, 0) is 36.8 Å². The molecular weight excluding hydrogens is 364 g/mol. The number of rotatable bonds is 3. The summed E-state index contributed by atoms with van der Waals surface area (Å²) in [6.45, 7) is 2.24. The molecule has 2 aromatic rings. The molecule has 1 unspecified atom stereocenters. The van der Waals surface area contributed by atoms with Crippen LogP contribution in [-0.2, 0) is 15.6 Å². The third kappa shape index (κ3) is 3.73. The van der Waals surface area contributed by atoms with E-state index in [0.717, 1.165) is 5.56 Å². The van der Waals surface area contributed by atoms with E-state index in [1.54, 1.807) is 29.2 Å². The van der Waals surface area contributed by atoms with Gasteiger partial charge >= 0.3 is 11.4 Å². The fraction of sp³-hybridized carbons (Fsp3) is 0.176. The van der Waals surface area contributed by atoms with Crippen molar-refractivity contribution >= 4 is 40.3 Å². The van der Waals surface area contributed by atoms with E-state index in [-0.39, 0.29) is 5.91 Å². The third-order valence-corrected chi connectivity index (χ3v) is 4.40. The minimum absolute atomic E-state index is 0.132. The third-order valence-electron chi connectivity index (χ3n) is 3.97. The van der Waals surface area contributed by atoms with Crippen LogP contribution in [0, 0.1) is 6.92 Å². The lowest BCUT2D eigenvalue weighted by Crippen LogP contribution is -2.38. The van der Waals surface area contributed by atoms with Crippen molar-refractivity contribution in [2.45, 2.75) is 13.3 Å². The lowest BCUT2D eigenvalue weighted by atomic mass is 9.98. The molecule has 6 nitrogen and oxygen atoms in total. The molecule has 0 aromatic heterocycles. The van der Waals surface area contributed by atoms with Crippen LogP contribution in [0.1, 0.15) is 27.9 Å². The summed E-state index contributed by atoms with van der Waals surface area (Å²) < 4.78 is 23.9. The Kier molecular flexibility index (Phi) is 5.17. The number of oxime groups is 1. The van der Waals surface area contributed by atoms with Gasteiger partial charge in [0.05, 0.1) is 11.4 Å². The summed E-state index contributed by atoms with van der Waals surface area (Å²) in [6.07, 6.45) is 0.392. The fourth-order valence-corrected chi connectivity index (χ4v) is 3.11. The second-order valence-corrected chi connectivity index (χ2v) is 6.53. The zero-order chi connectivity index (χ0) is 18.0. The van der Waals surface area contributed by atoms with Crippen LogP contribution in [0.4, 0.5) is 5.69 Å². The number of benzene rings is 2. The Labute approximate surface area is 152 Å². The molecule has 1 heterocycles. The molecule has 0 bridgehead atoms. The van der Waals surface area contributed by atoms with Crippen molar-refractivity contribution in [1.82, 2.24) is 0 Å². The van der Waals surface area contributed by atoms with Crippen molar-refractivity contribution in [3.05, 3.63) is 64.2 Å². The number of amides is 1. The number of fused-ring (bicyclic) bond motifs is 1. The Morgan fingerprint density at radius 1 is 1.32 bits per heavy atom. The van der Waals surface area contributed by atoms with Gasteiger partial charge in [0.2, 0.25) is 0 Å². The molecule has 8 heteroatoms. The largest absolute Gasteiger partial charge is 0.378 e. The highest BCUT2D eigenvalue weighted by atomic mass is 35.5. The lowest BCUT2D eigenvalue weighted by Gasteiger charge is -2.30. The Bertz CT molecular complexity index is 885. The van der Waals surface area contributed by atoms with Crippen molar-refractivity contribution in [2.75, 3.05) is 11.4 Å². The number of nitrogens with zero attached hydrogens (tertiary/aromatic N) is 2. The first-order chi connectivity index (χ1) is 12.0. The molecule has 0 saturated heterocycles. The number of carbonyl (C=O) groups is 1. The zero-order valence-electron chi connectivity index (χ0n) is 13.3. The molecule has 130 valence electrons. The van der Waals surface area contributed by atoms with Crippen LogP contribution >= 0.6 is 11.6 Å². The number of hydrogen-bond donors (Lipinski definition) is 1. The van der Waals surface area contributed by atoms with Gasteiger partial charge in [-0.1, -0.05) is 35.0 Å². The van der Waals surface area contributed by atoms with Gasteiger partial charge < -0.3 is 4.90 Å². The molecule has 0 radical (unpaired) electrons. The smallest absolute Gasteiger partial charge is 0.307 e. The first-order valence-electron chi connectivity index (χ1n) is 7.50. The summed E-state index contributed by atoms with van der Waals surface area (Å²) in [6, 6.07) is 12.4. The van der Waals surface area contributed by atoms with E-state index >= 15 is 0 Å². The van der Waals surface area contributed by atoms with Crippen molar-refractivity contribution in [3.63, 3.8) is 0 Å². The van der Waals surface area contributed by atoms with Crippen LogP contribution in [0.15, 0.2) is 47.6 Å². The van der Waals surface area contributed by atoms with Gasteiger partial charge in [-0.15, -0.1) is 0 Å². The topological polar surface area (TPSA) is 79.2 Å². The van der Waals surface area contributed by atoms with E-state index in [2.05, 4.69) is 9.44 Å². The van der Waals surface area contributed by atoms with E-state index < -0.39 is 11.4 Å². The Hall–Kier alpha value is -2.22. The van der Waals surface area contributed by atoms with Crippen LogP contribution in [0.5, 0.6) is 0 Å². The van der Waals surface area contributed by atoms with E-state index in [9.17, 15) is 9.00 Å². The maximum atomic E-state index is 13.0. The number of hydrogen-bond acceptors (Lipinski definition) is 4. The van der Waals surface area contributed by atoms with Crippen LogP contribution in [0.25, 0.3) is 0 Å². The molecule has 1 atom stereocenters. The number of halogens is 1. The van der Waals surface area contributed by atoms with Crippen molar-refractivity contribution < 1.29 is 17.8 Å². The maximum absolute atomic E-state index is 13.0. The predicted octanol–water partition coefficient (Wildman–Crippen LogP) is 3.56. The molecule has 0 aliphatic carbocycles. The summed E-state index contributed by atoms with van der Waals surface area (Å²) in [5.74, 6) is -0.132. The number of anilines is 1. The van der Waals surface area contributed by atoms with Crippen molar-refractivity contribution in [3.8, 4) is 0 Å². The average molecular weight is 379 g/mol. The molecule has 25 heavy (non-hydrogen) atoms. The fourth-order valence-electron chi connectivity index (χ4n) is 2.79. The second-order valence-electron chi connectivity index (χ2n) is 5.51. The van der Waals surface area contributed by atoms with Crippen LogP contribution < -0.4 is 4.90 Å². The molecular formula is C17H15ClN2O4S. The molecule has 3 rings (SSSR count). The van der Waals surface area contributed by atoms with Gasteiger partial charge in [-0.2, -0.15) is 4.21 Å². The number of carbonyl (C=O) groups excluding carboxylic acids is 1. The van der Waals surface area contributed by atoms with Crippen molar-refractivity contribution in [1.29, 1.82) is 0 Å². The lowest BCUT2D eigenvalue weighted by molar-refractivity contribution is 0.0986. The quantitative estimate of drug-likeness (QED) is 0.654. The first kappa shape index (κ1) is 17.6. The van der Waals surface area contributed by atoms with E-state index in [1.807, 2.05) is 25.1 Å². The molecule has 2 aromatic carbocycles.